The number of carbonyl (C=O) groups is 2. The van der Waals surface area contributed by atoms with Crippen LogP contribution >= 0.6 is 11.6 Å². The van der Waals surface area contributed by atoms with Gasteiger partial charge in [-0.1, -0.05) is 11.6 Å². The van der Waals surface area contributed by atoms with Crippen molar-refractivity contribution in [3.8, 4) is 0 Å². The Labute approximate surface area is 110 Å². The topological polar surface area (TPSA) is 66.6 Å². The van der Waals surface area contributed by atoms with Crippen molar-refractivity contribution in [2.24, 2.45) is 0 Å². The summed E-state index contributed by atoms with van der Waals surface area (Å²) in [7, 11) is 1.72. The molecule has 2 N–H and O–H groups in total. The van der Waals surface area contributed by atoms with Crippen molar-refractivity contribution in [2.75, 3.05) is 32.4 Å². The van der Waals surface area contributed by atoms with Crippen LogP contribution in [0, 0.1) is 0 Å². The standard InChI is InChI=1S/C12H14ClN3O2/c1-15-2-3-16(7-11(15)17)12(18)8-4-9(13)6-10(14)5-8/h4-6H,2-3,7,14H2,1H3. The number of likely N-dealkylation sites (N-methyl/N-ethyl adjacent to an activating group) is 1. The molecule has 0 aromatic heterocycles. The summed E-state index contributed by atoms with van der Waals surface area (Å²) in [5.41, 5.74) is 6.50. The zero-order valence-corrected chi connectivity index (χ0v) is 10.8. The molecule has 18 heavy (non-hydrogen) atoms. The molecule has 0 atom stereocenters. The molecular weight excluding hydrogens is 254 g/mol. The van der Waals surface area contributed by atoms with Crippen LogP contribution in [0.15, 0.2) is 18.2 Å². The fourth-order valence-corrected chi connectivity index (χ4v) is 2.09. The number of nitrogens with two attached hydrogens (primary N) is 1. The molecule has 0 bridgehead atoms. The van der Waals surface area contributed by atoms with Crippen molar-refractivity contribution in [1.82, 2.24) is 9.80 Å². The number of rotatable bonds is 1. The quantitative estimate of drug-likeness (QED) is 0.767. The van der Waals surface area contributed by atoms with Gasteiger partial charge in [0.05, 0.1) is 0 Å². The van der Waals surface area contributed by atoms with Crippen LogP contribution in [0.25, 0.3) is 0 Å². The Morgan fingerprint density at radius 3 is 2.67 bits per heavy atom. The van der Waals surface area contributed by atoms with Gasteiger partial charge in [-0.2, -0.15) is 0 Å². The van der Waals surface area contributed by atoms with Crippen LogP contribution in [0.2, 0.25) is 5.02 Å². The van der Waals surface area contributed by atoms with E-state index in [2.05, 4.69) is 0 Å². The Morgan fingerprint density at radius 2 is 2.06 bits per heavy atom. The summed E-state index contributed by atoms with van der Waals surface area (Å²) >= 11 is 5.86. The zero-order valence-electron chi connectivity index (χ0n) is 10.0. The minimum absolute atomic E-state index is 0.0652. The van der Waals surface area contributed by atoms with Crippen LogP contribution in [0.1, 0.15) is 10.4 Å². The average molecular weight is 268 g/mol. The maximum Gasteiger partial charge on any atom is 0.254 e. The van der Waals surface area contributed by atoms with Gasteiger partial charge in [-0.25, -0.2) is 0 Å². The second-order valence-corrected chi connectivity index (χ2v) is 4.75. The first-order chi connectivity index (χ1) is 8.47. The van der Waals surface area contributed by atoms with Crippen LogP contribution in [0.3, 0.4) is 0 Å². The van der Waals surface area contributed by atoms with E-state index in [1.54, 1.807) is 30.1 Å². The van der Waals surface area contributed by atoms with Crippen molar-refractivity contribution in [1.29, 1.82) is 0 Å². The van der Waals surface area contributed by atoms with Crippen molar-refractivity contribution in [2.45, 2.75) is 0 Å². The Kier molecular flexibility index (Phi) is 3.43. The number of halogens is 1. The molecule has 2 amide bonds. The number of anilines is 1. The van der Waals surface area contributed by atoms with Crippen molar-refractivity contribution >= 4 is 29.1 Å². The number of nitrogen functional groups attached to an aromatic ring is 1. The Balaban J connectivity index is 2.18. The van der Waals surface area contributed by atoms with Crippen LogP contribution in [-0.2, 0) is 4.79 Å². The minimum atomic E-state index is -0.217. The lowest BCUT2D eigenvalue weighted by atomic mass is 10.1. The third-order valence-electron chi connectivity index (χ3n) is 2.91. The molecule has 1 aromatic rings. The van der Waals surface area contributed by atoms with E-state index in [4.69, 9.17) is 17.3 Å². The highest BCUT2D eigenvalue weighted by Crippen LogP contribution is 2.18. The normalized spacial score (nSPS) is 16.0. The number of piperazine rings is 1. The molecule has 5 nitrogen and oxygen atoms in total. The summed E-state index contributed by atoms with van der Waals surface area (Å²) in [4.78, 5) is 26.9. The molecule has 1 saturated heterocycles. The molecule has 0 unspecified atom stereocenters. The Bertz CT molecular complexity index is 484. The molecule has 0 radical (unpaired) electrons. The largest absolute Gasteiger partial charge is 0.399 e. The number of benzene rings is 1. The third kappa shape index (κ3) is 2.56. The summed E-state index contributed by atoms with van der Waals surface area (Å²) in [5, 5.41) is 0.416. The highest BCUT2D eigenvalue weighted by atomic mass is 35.5. The highest BCUT2D eigenvalue weighted by molar-refractivity contribution is 6.31. The van der Waals surface area contributed by atoms with Gasteiger partial charge in [0.2, 0.25) is 5.91 Å². The molecule has 1 aliphatic rings. The van der Waals surface area contributed by atoms with Gasteiger partial charge in [-0.3, -0.25) is 9.59 Å². The molecular formula is C12H14ClN3O2. The lowest BCUT2D eigenvalue weighted by molar-refractivity contribution is -0.133. The molecule has 6 heteroatoms. The van der Waals surface area contributed by atoms with E-state index in [0.29, 0.717) is 29.4 Å². The molecule has 96 valence electrons. The maximum absolute atomic E-state index is 12.2. The fraction of sp³-hybridized carbons (Fsp3) is 0.333. The van der Waals surface area contributed by atoms with Crippen LogP contribution in [0.4, 0.5) is 5.69 Å². The lowest BCUT2D eigenvalue weighted by Crippen LogP contribution is -2.50. The Morgan fingerprint density at radius 1 is 1.33 bits per heavy atom. The van der Waals surface area contributed by atoms with Gasteiger partial charge in [-0.05, 0) is 18.2 Å². The van der Waals surface area contributed by atoms with E-state index in [1.165, 1.54) is 4.90 Å². The summed E-state index contributed by atoms with van der Waals surface area (Å²) in [5.74, 6) is -0.282. The van der Waals surface area contributed by atoms with Gasteiger partial charge in [0.25, 0.3) is 5.91 Å². The summed E-state index contributed by atoms with van der Waals surface area (Å²) in [6.45, 7) is 1.16. The number of carbonyl (C=O) groups excluding carboxylic acids is 2. The molecule has 0 aliphatic carbocycles. The molecule has 0 spiro atoms. The van der Waals surface area contributed by atoms with Gasteiger partial charge in [-0.15, -0.1) is 0 Å². The van der Waals surface area contributed by atoms with Gasteiger partial charge in [0.1, 0.15) is 6.54 Å². The molecule has 0 saturated carbocycles. The summed E-state index contributed by atoms with van der Waals surface area (Å²) in [6.07, 6.45) is 0. The molecule has 1 fully saturated rings. The van der Waals surface area contributed by atoms with Gasteiger partial charge < -0.3 is 15.5 Å². The van der Waals surface area contributed by atoms with Crippen LogP contribution in [0.5, 0.6) is 0 Å². The lowest BCUT2D eigenvalue weighted by Gasteiger charge is -2.32. The van der Waals surface area contributed by atoms with Crippen molar-refractivity contribution in [3.63, 3.8) is 0 Å². The average Bonchev–Trinajstić information content (AvgIpc) is 2.30. The van der Waals surface area contributed by atoms with Gasteiger partial charge in [0, 0.05) is 36.4 Å². The van der Waals surface area contributed by atoms with Crippen molar-refractivity contribution < 1.29 is 9.59 Å². The number of hydrogen-bond acceptors (Lipinski definition) is 3. The van der Waals surface area contributed by atoms with E-state index >= 15 is 0 Å². The van der Waals surface area contributed by atoms with E-state index in [9.17, 15) is 9.59 Å². The predicted octanol–water partition coefficient (Wildman–Crippen LogP) is 0.836. The first-order valence-electron chi connectivity index (χ1n) is 5.56. The summed E-state index contributed by atoms with van der Waals surface area (Å²) < 4.78 is 0. The number of nitrogens with zero attached hydrogens (tertiary/aromatic N) is 2. The van der Waals surface area contributed by atoms with Gasteiger partial charge >= 0.3 is 0 Å². The molecule has 1 heterocycles. The third-order valence-corrected chi connectivity index (χ3v) is 3.13. The van der Waals surface area contributed by atoms with Crippen molar-refractivity contribution in [3.05, 3.63) is 28.8 Å². The smallest absolute Gasteiger partial charge is 0.254 e. The van der Waals surface area contributed by atoms with E-state index < -0.39 is 0 Å². The Hall–Kier alpha value is -1.75. The SMILES string of the molecule is CN1CCN(C(=O)c2cc(N)cc(Cl)c2)CC1=O. The van der Waals surface area contributed by atoms with E-state index in [0.717, 1.165) is 0 Å². The van der Waals surface area contributed by atoms with Gasteiger partial charge in [0.15, 0.2) is 0 Å². The molecule has 1 aliphatic heterocycles. The minimum Gasteiger partial charge on any atom is -0.399 e. The van der Waals surface area contributed by atoms with E-state index in [-0.39, 0.29) is 18.4 Å². The molecule has 2 rings (SSSR count). The first kappa shape index (κ1) is 12.7. The fourth-order valence-electron chi connectivity index (χ4n) is 1.85. The molecule has 1 aromatic carbocycles. The number of hydrogen-bond donors (Lipinski definition) is 1. The first-order valence-corrected chi connectivity index (χ1v) is 5.94. The van der Waals surface area contributed by atoms with Crippen LogP contribution < -0.4 is 5.73 Å². The number of amides is 2. The van der Waals surface area contributed by atoms with E-state index in [1.807, 2.05) is 0 Å². The second kappa shape index (κ2) is 4.86. The maximum atomic E-state index is 12.2. The monoisotopic (exact) mass is 267 g/mol. The predicted molar refractivity (Wildman–Crippen MR) is 69.4 cm³/mol. The highest BCUT2D eigenvalue weighted by Gasteiger charge is 2.25. The summed E-state index contributed by atoms with van der Waals surface area (Å²) in [6, 6.07) is 4.70. The van der Waals surface area contributed by atoms with Crippen LogP contribution in [-0.4, -0.2) is 48.3 Å². The second-order valence-electron chi connectivity index (χ2n) is 4.32. The zero-order chi connectivity index (χ0) is 13.3.